The van der Waals surface area contributed by atoms with E-state index in [9.17, 15) is 9.90 Å². The first-order chi connectivity index (χ1) is 15.4. The van der Waals surface area contributed by atoms with Gasteiger partial charge in [-0.3, -0.25) is 9.69 Å². The van der Waals surface area contributed by atoms with Gasteiger partial charge in [0.1, 0.15) is 5.76 Å². The van der Waals surface area contributed by atoms with Gasteiger partial charge in [0.25, 0.3) is 5.91 Å². The van der Waals surface area contributed by atoms with Crippen molar-refractivity contribution in [2.24, 2.45) is 0 Å². The molecule has 0 aliphatic carbocycles. The van der Waals surface area contributed by atoms with Gasteiger partial charge in [0.05, 0.1) is 18.7 Å². The first-order valence-corrected chi connectivity index (χ1v) is 11.0. The van der Waals surface area contributed by atoms with Crippen molar-refractivity contribution < 1.29 is 14.3 Å². The Kier molecular flexibility index (Phi) is 8.53. The fourth-order valence-corrected chi connectivity index (χ4v) is 3.40. The van der Waals surface area contributed by atoms with Crippen LogP contribution in [-0.2, 0) is 6.54 Å². The number of furan rings is 1. The van der Waals surface area contributed by atoms with Gasteiger partial charge < -0.3 is 19.7 Å². The minimum Gasteiger partial charge on any atom is -0.451 e. The van der Waals surface area contributed by atoms with E-state index in [2.05, 4.69) is 45.8 Å². The van der Waals surface area contributed by atoms with Crippen LogP contribution in [0.4, 0.5) is 0 Å². The SMILES string of the molecule is CC[C@@H](O)[C@@H](C)NC(=O)c1ccc(C#CC#Cc2ccc(CN3CCN(C)CC3)o2)cc1. The van der Waals surface area contributed by atoms with Crippen LogP contribution < -0.4 is 5.32 Å². The molecule has 1 saturated heterocycles. The number of aliphatic hydroxyl groups is 1. The van der Waals surface area contributed by atoms with Gasteiger partial charge in [-0.2, -0.15) is 0 Å². The lowest BCUT2D eigenvalue weighted by atomic mass is 10.1. The molecule has 1 aromatic carbocycles. The number of nitrogens with zero attached hydrogens (tertiary/aromatic N) is 2. The van der Waals surface area contributed by atoms with E-state index in [4.69, 9.17) is 4.42 Å². The second-order valence-corrected chi connectivity index (χ2v) is 8.16. The average Bonchev–Trinajstić information content (AvgIpc) is 3.25. The molecule has 6 heteroatoms. The summed E-state index contributed by atoms with van der Waals surface area (Å²) in [7, 11) is 2.14. The molecular formula is C26H31N3O3. The highest BCUT2D eigenvalue weighted by Crippen LogP contribution is 2.11. The van der Waals surface area contributed by atoms with Crippen molar-refractivity contribution in [3.63, 3.8) is 0 Å². The highest BCUT2D eigenvalue weighted by molar-refractivity contribution is 5.94. The number of benzene rings is 1. The predicted molar refractivity (Wildman–Crippen MR) is 125 cm³/mol. The quantitative estimate of drug-likeness (QED) is 0.685. The van der Waals surface area contributed by atoms with Crippen LogP contribution in [0.2, 0.25) is 0 Å². The number of rotatable bonds is 6. The summed E-state index contributed by atoms with van der Waals surface area (Å²) in [4.78, 5) is 17.0. The van der Waals surface area contributed by atoms with E-state index < -0.39 is 6.10 Å². The van der Waals surface area contributed by atoms with Gasteiger partial charge in [0.2, 0.25) is 0 Å². The third-order valence-electron chi connectivity index (χ3n) is 5.59. The zero-order chi connectivity index (χ0) is 22.9. The molecule has 0 bridgehead atoms. The summed E-state index contributed by atoms with van der Waals surface area (Å²) >= 11 is 0. The molecule has 0 spiro atoms. The van der Waals surface area contributed by atoms with Gasteiger partial charge in [0, 0.05) is 37.3 Å². The number of likely N-dealkylation sites (N-methyl/N-ethyl adjacent to an activating group) is 1. The maximum absolute atomic E-state index is 12.3. The Morgan fingerprint density at radius 3 is 2.47 bits per heavy atom. The minimum absolute atomic E-state index is 0.213. The molecule has 2 atom stereocenters. The molecular weight excluding hydrogens is 402 g/mol. The predicted octanol–water partition coefficient (Wildman–Crippen LogP) is 2.32. The molecule has 1 amide bonds. The van der Waals surface area contributed by atoms with E-state index >= 15 is 0 Å². The minimum atomic E-state index is -0.556. The Hall–Kier alpha value is -3.03. The maximum atomic E-state index is 12.3. The number of amides is 1. The molecule has 32 heavy (non-hydrogen) atoms. The molecule has 1 fully saturated rings. The van der Waals surface area contributed by atoms with Gasteiger partial charge in [-0.15, -0.1) is 0 Å². The number of carbonyl (C=O) groups is 1. The van der Waals surface area contributed by atoms with E-state index in [1.807, 2.05) is 19.1 Å². The van der Waals surface area contributed by atoms with Gasteiger partial charge in [-0.05, 0) is 74.6 Å². The van der Waals surface area contributed by atoms with E-state index in [1.165, 1.54) is 0 Å². The summed E-state index contributed by atoms with van der Waals surface area (Å²) in [6.07, 6.45) is 0.0340. The third kappa shape index (κ3) is 7.00. The van der Waals surface area contributed by atoms with E-state index in [1.54, 1.807) is 31.2 Å². The monoisotopic (exact) mass is 433 g/mol. The number of hydrogen-bond donors (Lipinski definition) is 2. The van der Waals surface area contributed by atoms with Crippen molar-refractivity contribution in [3.05, 3.63) is 59.0 Å². The summed E-state index contributed by atoms with van der Waals surface area (Å²) in [5.41, 5.74) is 1.30. The molecule has 2 heterocycles. The smallest absolute Gasteiger partial charge is 0.251 e. The molecule has 0 unspecified atom stereocenters. The fraction of sp³-hybridized carbons (Fsp3) is 0.423. The molecule has 6 nitrogen and oxygen atoms in total. The first-order valence-electron chi connectivity index (χ1n) is 11.0. The van der Waals surface area contributed by atoms with Crippen LogP contribution in [0.5, 0.6) is 0 Å². The summed E-state index contributed by atoms with van der Waals surface area (Å²) in [5.74, 6) is 12.9. The lowest BCUT2D eigenvalue weighted by Gasteiger charge is -2.31. The van der Waals surface area contributed by atoms with Crippen LogP contribution in [-0.4, -0.2) is 66.2 Å². The summed E-state index contributed by atoms with van der Waals surface area (Å²) in [6, 6.07) is 10.6. The van der Waals surface area contributed by atoms with Crippen LogP contribution in [0.15, 0.2) is 40.8 Å². The molecule has 2 N–H and O–H groups in total. The Morgan fingerprint density at radius 1 is 1.09 bits per heavy atom. The summed E-state index contributed by atoms with van der Waals surface area (Å²) in [5, 5.41) is 12.6. The van der Waals surface area contributed by atoms with Crippen molar-refractivity contribution in [3.8, 4) is 23.7 Å². The molecule has 1 aliphatic rings. The average molecular weight is 434 g/mol. The van der Waals surface area contributed by atoms with Crippen molar-refractivity contribution in [2.45, 2.75) is 39.0 Å². The zero-order valence-corrected chi connectivity index (χ0v) is 19.0. The number of nitrogens with one attached hydrogen (secondary N) is 1. The Bertz CT molecular complexity index is 1010. The van der Waals surface area contributed by atoms with Crippen LogP contribution in [0, 0.1) is 23.7 Å². The molecule has 0 saturated carbocycles. The zero-order valence-electron chi connectivity index (χ0n) is 19.0. The lowest BCUT2D eigenvalue weighted by molar-refractivity contribution is 0.0846. The number of aliphatic hydroxyl groups excluding tert-OH is 1. The molecule has 1 aliphatic heterocycles. The van der Waals surface area contributed by atoms with E-state index in [-0.39, 0.29) is 11.9 Å². The first kappa shape index (κ1) is 23.6. The van der Waals surface area contributed by atoms with Gasteiger partial charge in [-0.1, -0.05) is 12.8 Å². The fourth-order valence-electron chi connectivity index (χ4n) is 3.40. The molecule has 2 aromatic rings. The van der Waals surface area contributed by atoms with Crippen molar-refractivity contribution in [1.29, 1.82) is 0 Å². The molecule has 168 valence electrons. The molecule has 3 rings (SSSR count). The van der Waals surface area contributed by atoms with Crippen molar-refractivity contribution >= 4 is 5.91 Å². The largest absolute Gasteiger partial charge is 0.451 e. The van der Waals surface area contributed by atoms with E-state index in [0.717, 1.165) is 44.0 Å². The second-order valence-electron chi connectivity index (χ2n) is 8.16. The standard InChI is InChI=1S/C26H31N3O3/c1-4-25(30)20(2)27-26(31)22-11-9-21(10-12-22)7-5-6-8-23-13-14-24(32-23)19-29-17-15-28(3)16-18-29/h9-14,20,25,30H,4,15-19H2,1-3H3,(H,27,31)/t20-,25-/m1/s1. The van der Waals surface area contributed by atoms with Crippen LogP contribution in [0.25, 0.3) is 0 Å². The van der Waals surface area contributed by atoms with Crippen molar-refractivity contribution in [2.75, 3.05) is 33.2 Å². The van der Waals surface area contributed by atoms with Gasteiger partial charge >= 0.3 is 0 Å². The van der Waals surface area contributed by atoms with Crippen LogP contribution in [0.1, 0.15) is 47.7 Å². The van der Waals surface area contributed by atoms with Gasteiger partial charge in [-0.25, -0.2) is 0 Å². The normalized spacial score (nSPS) is 16.2. The number of carbonyl (C=O) groups excluding carboxylic acids is 1. The molecule has 1 aromatic heterocycles. The highest BCUT2D eigenvalue weighted by atomic mass is 16.3. The maximum Gasteiger partial charge on any atom is 0.251 e. The summed E-state index contributed by atoms with van der Waals surface area (Å²) in [6.45, 7) is 8.72. The Balaban J connectivity index is 1.51. The third-order valence-corrected chi connectivity index (χ3v) is 5.59. The second kappa shape index (κ2) is 11.5. The molecule has 0 radical (unpaired) electrons. The highest BCUT2D eigenvalue weighted by Gasteiger charge is 2.16. The Labute approximate surface area is 190 Å². The summed E-state index contributed by atoms with van der Waals surface area (Å²) < 4.78 is 5.81. The van der Waals surface area contributed by atoms with E-state index in [0.29, 0.717) is 17.7 Å². The number of piperazine rings is 1. The number of hydrogen-bond acceptors (Lipinski definition) is 5. The lowest BCUT2D eigenvalue weighted by Crippen LogP contribution is -2.43. The topological polar surface area (TPSA) is 69.0 Å². The van der Waals surface area contributed by atoms with Crippen LogP contribution >= 0.6 is 0 Å². The van der Waals surface area contributed by atoms with Crippen molar-refractivity contribution in [1.82, 2.24) is 15.1 Å². The Morgan fingerprint density at radius 2 is 1.78 bits per heavy atom. The van der Waals surface area contributed by atoms with Gasteiger partial charge in [0.15, 0.2) is 5.76 Å². The van der Waals surface area contributed by atoms with Crippen LogP contribution in [0.3, 0.4) is 0 Å².